The minimum atomic E-state index is -4.74. The SMILES string of the molecule is CC1CC(=O)c2cc(OC(F)(F)F)ccc2N1. The number of ether oxygens (including phenoxy) is 1. The zero-order chi connectivity index (χ0) is 12.6. The lowest BCUT2D eigenvalue weighted by molar-refractivity contribution is -0.274. The summed E-state index contributed by atoms with van der Waals surface area (Å²) in [7, 11) is 0. The van der Waals surface area contributed by atoms with E-state index in [1.807, 2.05) is 6.92 Å². The first-order chi connectivity index (χ1) is 7.85. The van der Waals surface area contributed by atoms with Crippen LogP contribution in [-0.4, -0.2) is 18.2 Å². The molecule has 1 atom stereocenters. The second kappa shape index (κ2) is 3.94. The molecular weight excluding hydrogens is 235 g/mol. The van der Waals surface area contributed by atoms with Crippen molar-refractivity contribution in [3.63, 3.8) is 0 Å². The number of carbonyl (C=O) groups is 1. The fourth-order valence-electron chi connectivity index (χ4n) is 1.78. The Balaban J connectivity index is 2.31. The van der Waals surface area contributed by atoms with Crippen molar-refractivity contribution < 1.29 is 22.7 Å². The first-order valence-electron chi connectivity index (χ1n) is 5.05. The first kappa shape index (κ1) is 11.8. The summed E-state index contributed by atoms with van der Waals surface area (Å²) in [6.45, 7) is 1.83. The number of Topliss-reactive ketones (excluding diaryl/α,β-unsaturated/α-hetero) is 1. The number of nitrogens with one attached hydrogen (secondary N) is 1. The highest BCUT2D eigenvalue weighted by Gasteiger charge is 2.32. The average molecular weight is 245 g/mol. The largest absolute Gasteiger partial charge is 0.573 e. The lowest BCUT2D eigenvalue weighted by Gasteiger charge is -2.23. The number of fused-ring (bicyclic) bond motifs is 1. The number of benzene rings is 1. The molecule has 1 aromatic carbocycles. The highest BCUT2D eigenvalue weighted by molar-refractivity contribution is 6.03. The average Bonchev–Trinajstić information content (AvgIpc) is 2.16. The molecule has 1 aromatic rings. The van der Waals surface area contributed by atoms with Crippen molar-refractivity contribution in [2.75, 3.05) is 5.32 Å². The summed E-state index contributed by atoms with van der Waals surface area (Å²) in [5, 5.41) is 3.02. The van der Waals surface area contributed by atoms with Crippen LogP contribution in [0.25, 0.3) is 0 Å². The van der Waals surface area contributed by atoms with Gasteiger partial charge in [0, 0.05) is 23.7 Å². The summed E-state index contributed by atoms with van der Waals surface area (Å²) < 4.78 is 39.8. The van der Waals surface area contributed by atoms with Crippen LogP contribution in [-0.2, 0) is 0 Å². The molecule has 6 heteroatoms. The first-order valence-corrected chi connectivity index (χ1v) is 5.05. The van der Waals surface area contributed by atoms with Gasteiger partial charge in [-0.1, -0.05) is 0 Å². The maximum Gasteiger partial charge on any atom is 0.573 e. The standard InChI is InChI=1S/C11H10F3NO2/c1-6-4-10(16)8-5-7(17-11(12,13)14)2-3-9(8)15-6/h2-3,5-6,15H,4H2,1H3. The van der Waals surface area contributed by atoms with Gasteiger partial charge in [0.15, 0.2) is 5.78 Å². The highest BCUT2D eigenvalue weighted by Crippen LogP contribution is 2.31. The summed E-state index contributed by atoms with van der Waals surface area (Å²) in [6.07, 6.45) is -4.48. The van der Waals surface area contributed by atoms with Gasteiger partial charge in [0.1, 0.15) is 5.75 Å². The van der Waals surface area contributed by atoms with Gasteiger partial charge in [-0.3, -0.25) is 4.79 Å². The van der Waals surface area contributed by atoms with Gasteiger partial charge in [0.2, 0.25) is 0 Å². The van der Waals surface area contributed by atoms with Crippen molar-refractivity contribution in [3.8, 4) is 5.75 Å². The summed E-state index contributed by atoms with van der Waals surface area (Å²) in [4.78, 5) is 11.6. The molecule has 0 spiro atoms. The topological polar surface area (TPSA) is 38.3 Å². The molecule has 0 fully saturated rings. The number of hydrogen-bond donors (Lipinski definition) is 1. The second-order valence-corrected chi connectivity index (χ2v) is 3.93. The number of hydrogen-bond acceptors (Lipinski definition) is 3. The van der Waals surface area contributed by atoms with E-state index in [1.165, 1.54) is 12.1 Å². The van der Waals surface area contributed by atoms with Crippen LogP contribution in [0, 0.1) is 0 Å². The normalized spacial score (nSPS) is 19.5. The van der Waals surface area contributed by atoms with Gasteiger partial charge in [-0.05, 0) is 25.1 Å². The van der Waals surface area contributed by atoms with Crippen LogP contribution in [0.1, 0.15) is 23.7 Å². The molecule has 0 aliphatic carbocycles. The van der Waals surface area contributed by atoms with Gasteiger partial charge in [0.25, 0.3) is 0 Å². The Morgan fingerprint density at radius 2 is 2.12 bits per heavy atom. The Bertz CT molecular complexity index is 457. The highest BCUT2D eigenvalue weighted by atomic mass is 19.4. The van der Waals surface area contributed by atoms with Crippen LogP contribution in [0.15, 0.2) is 18.2 Å². The smallest absolute Gasteiger partial charge is 0.406 e. The van der Waals surface area contributed by atoms with Gasteiger partial charge in [-0.2, -0.15) is 0 Å². The van der Waals surface area contributed by atoms with Crippen molar-refractivity contribution in [1.82, 2.24) is 0 Å². The Hall–Kier alpha value is -1.72. The van der Waals surface area contributed by atoms with Crippen LogP contribution in [0.2, 0.25) is 0 Å². The fourth-order valence-corrected chi connectivity index (χ4v) is 1.78. The van der Waals surface area contributed by atoms with Gasteiger partial charge < -0.3 is 10.1 Å². The number of carbonyl (C=O) groups excluding carboxylic acids is 1. The van der Waals surface area contributed by atoms with Crippen molar-refractivity contribution in [1.29, 1.82) is 0 Å². The summed E-state index contributed by atoms with van der Waals surface area (Å²) >= 11 is 0. The number of halogens is 3. The van der Waals surface area contributed by atoms with E-state index in [-0.39, 0.29) is 29.6 Å². The maximum absolute atomic E-state index is 12.0. The zero-order valence-corrected chi connectivity index (χ0v) is 8.97. The van der Waals surface area contributed by atoms with Crippen LogP contribution in [0.5, 0.6) is 5.75 Å². The number of rotatable bonds is 1. The van der Waals surface area contributed by atoms with Crippen LogP contribution in [0.4, 0.5) is 18.9 Å². The number of alkyl halides is 3. The third-order valence-electron chi connectivity index (χ3n) is 2.42. The molecule has 0 saturated carbocycles. The van der Waals surface area contributed by atoms with E-state index in [1.54, 1.807) is 0 Å². The molecule has 1 heterocycles. The van der Waals surface area contributed by atoms with Crippen molar-refractivity contribution >= 4 is 11.5 Å². The molecule has 1 N–H and O–H groups in total. The lowest BCUT2D eigenvalue weighted by Crippen LogP contribution is -2.26. The molecule has 0 aromatic heterocycles. The van der Waals surface area contributed by atoms with Crippen LogP contribution in [0.3, 0.4) is 0 Å². The van der Waals surface area contributed by atoms with E-state index in [9.17, 15) is 18.0 Å². The van der Waals surface area contributed by atoms with E-state index >= 15 is 0 Å². The van der Waals surface area contributed by atoms with Crippen molar-refractivity contribution in [2.45, 2.75) is 25.7 Å². The maximum atomic E-state index is 12.0. The Morgan fingerprint density at radius 3 is 2.76 bits per heavy atom. The van der Waals surface area contributed by atoms with E-state index < -0.39 is 6.36 Å². The number of anilines is 1. The Labute approximate surface area is 95.6 Å². The molecule has 2 rings (SSSR count). The zero-order valence-electron chi connectivity index (χ0n) is 8.97. The van der Waals surface area contributed by atoms with E-state index in [0.717, 1.165) is 6.07 Å². The molecule has 3 nitrogen and oxygen atoms in total. The summed E-state index contributed by atoms with van der Waals surface area (Å²) in [6, 6.07) is 3.71. The molecule has 0 saturated heterocycles. The lowest BCUT2D eigenvalue weighted by atomic mass is 9.97. The molecule has 0 bridgehead atoms. The Morgan fingerprint density at radius 1 is 1.41 bits per heavy atom. The molecule has 0 amide bonds. The third kappa shape index (κ3) is 2.69. The van der Waals surface area contributed by atoms with Crippen molar-refractivity contribution in [2.24, 2.45) is 0 Å². The molecule has 0 radical (unpaired) electrons. The van der Waals surface area contributed by atoms with Gasteiger partial charge in [-0.15, -0.1) is 13.2 Å². The molecule has 1 unspecified atom stereocenters. The van der Waals surface area contributed by atoms with E-state index in [4.69, 9.17) is 0 Å². The monoisotopic (exact) mass is 245 g/mol. The van der Waals surface area contributed by atoms with Gasteiger partial charge >= 0.3 is 6.36 Å². The number of ketones is 1. The predicted molar refractivity (Wildman–Crippen MR) is 55.2 cm³/mol. The van der Waals surface area contributed by atoms with E-state index in [0.29, 0.717) is 5.69 Å². The molecule has 92 valence electrons. The molecule has 1 aliphatic heterocycles. The predicted octanol–water partition coefficient (Wildman–Crippen LogP) is 2.97. The minimum absolute atomic E-state index is 0.00983. The second-order valence-electron chi connectivity index (χ2n) is 3.93. The quantitative estimate of drug-likeness (QED) is 0.826. The third-order valence-corrected chi connectivity index (χ3v) is 2.42. The van der Waals surface area contributed by atoms with Crippen molar-refractivity contribution in [3.05, 3.63) is 23.8 Å². The van der Waals surface area contributed by atoms with E-state index in [2.05, 4.69) is 10.1 Å². The molecular formula is C11H10F3NO2. The molecule has 1 aliphatic rings. The minimum Gasteiger partial charge on any atom is -0.406 e. The van der Waals surface area contributed by atoms with Gasteiger partial charge in [-0.25, -0.2) is 0 Å². The fraction of sp³-hybridized carbons (Fsp3) is 0.364. The Kier molecular flexibility index (Phi) is 2.73. The molecule has 17 heavy (non-hydrogen) atoms. The van der Waals surface area contributed by atoms with Gasteiger partial charge in [0.05, 0.1) is 0 Å². The summed E-state index contributed by atoms with van der Waals surface area (Å²) in [5.41, 5.74) is 0.785. The van der Waals surface area contributed by atoms with Crippen LogP contribution >= 0.6 is 0 Å². The van der Waals surface area contributed by atoms with Crippen LogP contribution < -0.4 is 10.1 Å². The summed E-state index contributed by atoms with van der Waals surface area (Å²) in [5.74, 6) is -0.556.